The Kier molecular flexibility index (Phi) is 5.49. The van der Waals surface area contributed by atoms with Crippen molar-refractivity contribution in [2.75, 3.05) is 6.54 Å². The summed E-state index contributed by atoms with van der Waals surface area (Å²) in [5, 5.41) is 16.4. The van der Waals surface area contributed by atoms with Crippen LogP contribution in [0.25, 0.3) is 0 Å². The Morgan fingerprint density at radius 2 is 2.19 bits per heavy atom. The predicted molar refractivity (Wildman–Crippen MR) is 66.4 cm³/mol. The average Bonchev–Trinajstić information content (AvgIpc) is 2.81. The molecule has 90 valence electrons. The maximum atomic E-state index is 11.7. The van der Waals surface area contributed by atoms with Gasteiger partial charge in [-0.15, -0.1) is 0 Å². The highest BCUT2D eigenvalue weighted by atomic mass is 32.1. The van der Waals surface area contributed by atoms with Gasteiger partial charge < -0.3 is 10.4 Å². The fourth-order valence-electron chi connectivity index (χ4n) is 1.58. The molecule has 3 nitrogen and oxygen atoms in total. The summed E-state index contributed by atoms with van der Waals surface area (Å²) in [6.45, 7) is 4.30. The normalized spacial score (nSPS) is 12.8. The lowest BCUT2D eigenvalue weighted by atomic mass is 10.0. The smallest absolute Gasteiger partial charge is 0.223 e. The van der Waals surface area contributed by atoms with Gasteiger partial charge in [0, 0.05) is 12.5 Å². The monoisotopic (exact) mass is 241 g/mol. The first-order valence-electron chi connectivity index (χ1n) is 5.66. The molecule has 1 heterocycles. The van der Waals surface area contributed by atoms with E-state index in [4.69, 9.17) is 0 Å². The van der Waals surface area contributed by atoms with E-state index in [0.717, 1.165) is 18.4 Å². The van der Waals surface area contributed by atoms with Crippen LogP contribution in [0.15, 0.2) is 16.8 Å². The van der Waals surface area contributed by atoms with Crippen molar-refractivity contribution in [2.24, 2.45) is 5.92 Å². The molecular formula is C12H19NO2S. The zero-order valence-corrected chi connectivity index (χ0v) is 10.6. The molecule has 0 saturated carbocycles. The van der Waals surface area contributed by atoms with Crippen molar-refractivity contribution in [1.29, 1.82) is 0 Å². The summed E-state index contributed by atoms with van der Waals surface area (Å²) in [6, 6.07) is 1.87. The largest absolute Gasteiger partial charge is 0.387 e. The van der Waals surface area contributed by atoms with Crippen LogP contribution in [0.5, 0.6) is 0 Å². The number of hydrogen-bond acceptors (Lipinski definition) is 3. The van der Waals surface area contributed by atoms with Crippen LogP contribution in [0.4, 0.5) is 0 Å². The lowest BCUT2D eigenvalue weighted by Gasteiger charge is -2.15. The van der Waals surface area contributed by atoms with Crippen LogP contribution in [0.1, 0.15) is 38.4 Å². The molecule has 1 amide bonds. The van der Waals surface area contributed by atoms with Crippen molar-refractivity contribution >= 4 is 17.2 Å². The van der Waals surface area contributed by atoms with Crippen LogP contribution in [0, 0.1) is 5.92 Å². The first-order valence-corrected chi connectivity index (χ1v) is 6.61. The van der Waals surface area contributed by atoms with Crippen molar-refractivity contribution in [3.05, 3.63) is 22.4 Å². The van der Waals surface area contributed by atoms with Gasteiger partial charge >= 0.3 is 0 Å². The molecule has 16 heavy (non-hydrogen) atoms. The van der Waals surface area contributed by atoms with Crippen LogP contribution in [0.3, 0.4) is 0 Å². The number of rotatable bonds is 6. The summed E-state index contributed by atoms with van der Waals surface area (Å²) in [6.07, 6.45) is 1.10. The van der Waals surface area contributed by atoms with E-state index < -0.39 is 6.10 Å². The van der Waals surface area contributed by atoms with Crippen LogP contribution in [-0.2, 0) is 4.79 Å². The second kappa shape index (κ2) is 6.66. The fourth-order valence-corrected chi connectivity index (χ4v) is 2.29. The number of aliphatic hydroxyl groups is 1. The van der Waals surface area contributed by atoms with E-state index in [2.05, 4.69) is 5.32 Å². The molecule has 2 N–H and O–H groups in total. The number of carbonyl (C=O) groups excluding carboxylic acids is 1. The van der Waals surface area contributed by atoms with Crippen LogP contribution in [0.2, 0.25) is 0 Å². The number of aliphatic hydroxyl groups excluding tert-OH is 1. The zero-order valence-electron chi connectivity index (χ0n) is 9.77. The van der Waals surface area contributed by atoms with Crippen molar-refractivity contribution in [2.45, 2.75) is 32.8 Å². The number of thiophene rings is 1. The maximum absolute atomic E-state index is 11.7. The van der Waals surface area contributed by atoms with Gasteiger partial charge in [-0.25, -0.2) is 0 Å². The molecule has 0 radical (unpaired) electrons. The molecular weight excluding hydrogens is 222 g/mol. The molecule has 1 aromatic heterocycles. The Morgan fingerprint density at radius 3 is 2.69 bits per heavy atom. The minimum atomic E-state index is -0.593. The van der Waals surface area contributed by atoms with E-state index in [1.54, 1.807) is 11.3 Å². The number of hydrogen-bond donors (Lipinski definition) is 2. The second-order valence-corrected chi connectivity index (χ2v) is 4.61. The van der Waals surface area contributed by atoms with E-state index in [1.807, 2.05) is 30.7 Å². The van der Waals surface area contributed by atoms with E-state index in [9.17, 15) is 9.90 Å². The molecule has 1 aromatic rings. The molecule has 0 saturated heterocycles. The van der Waals surface area contributed by atoms with Crippen molar-refractivity contribution in [1.82, 2.24) is 5.32 Å². The first-order chi connectivity index (χ1) is 7.69. The zero-order chi connectivity index (χ0) is 12.0. The SMILES string of the molecule is CCC(CC)C(=O)NCC(O)c1ccsc1. The third-order valence-electron chi connectivity index (χ3n) is 2.75. The van der Waals surface area contributed by atoms with E-state index in [1.165, 1.54) is 0 Å². The lowest BCUT2D eigenvalue weighted by Crippen LogP contribution is -2.33. The molecule has 0 fully saturated rings. The quantitative estimate of drug-likeness (QED) is 0.803. The summed E-state index contributed by atoms with van der Waals surface area (Å²) >= 11 is 1.54. The van der Waals surface area contributed by atoms with Crippen molar-refractivity contribution < 1.29 is 9.90 Å². The summed E-state index contributed by atoms with van der Waals surface area (Å²) < 4.78 is 0. The molecule has 4 heteroatoms. The standard InChI is InChI=1S/C12H19NO2S/c1-3-9(4-2)12(15)13-7-11(14)10-5-6-16-8-10/h5-6,8-9,11,14H,3-4,7H2,1-2H3,(H,13,15). The van der Waals surface area contributed by atoms with Gasteiger partial charge in [-0.2, -0.15) is 11.3 Å². The summed E-state index contributed by atoms with van der Waals surface area (Å²) in [7, 11) is 0. The molecule has 1 unspecified atom stereocenters. The van der Waals surface area contributed by atoms with Gasteiger partial charge in [0.05, 0.1) is 6.10 Å². The van der Waals surface area contributed by atoms with Gasteiger partial charge in [-0.1, -0.05) is 13.8 Å². The molecule has 1 atom stereocenters. The Hall–Kier alpha value is -0.870. The maximum Gasteiger partial charge on any atom is 0.223 e. The van der Waals surface area contributed by atoms with Gasteiger partial charge in [-0.05, 0) is 35.2 Å². The molecule has 0 aromatic carbocycles. The lowest BCUT2D eigenvalue weighted by molar-refractivity contribution is -0.125. The van der Waals surface area contributed by atoms with E-state index >= 15 is 0 Å². The van der Waals surface area contributed by atoms with E-state index in [-0.39, 0.29) is 11.8 Å². The molecule has 0 aliphatic heterocycles. The van der Waals surface area contributed by atoms with Crippen LogP contribution < -0.4 is 5.32 Å². The second-order valence-electron chi connectivity index (χ2n) is 3.83. The minimum absolute atomic E-state index is 0.0410. The number of amides is 1. The highest BCUT2D eigenvalue weighted by Gasteiger charge is 2.15. The summed E-state index contributed by atoms with van der Waals surface area (Å²) in [5.74, 6) is 0.106. The highest BCUT2D eigenvalue weighted by molar-refractivity contribution is 7.07. The van der Waals surface area contributed by atoms with Crippen LogP contribution >= 0.6 is 11.3 Å². The number of nitrogens with one attached hydrogen (secondary N) is 1. The third kappa shape index (κ3) is 3.61. The molecule has 1 rings (SSSR count). The Labute approximate surface area is 100 Å². The van der Waals surface area contributed by atoms with Gasteiger partial charge in [0.2, 0.25) is 5.91 Å². The number of carbonyl (C=O) groups is 1. The molecule has 0 aliphatic carbocycles. The third-order valence-corrected chi connectivity index (χ3v) is 3.46. The van der Waals surface area contributed by atoms with Gasteiger partial charge in [0.15, 0.2) is 0 Å². The molecule has 0 bridgehead atoms. The van der Waals surface area contributed by atoms with Gasteiger partial charge in [0.1, 0.15) is 0 Å². The Morgan fingerprint density at radius 1 is 1.50 bits per heavy atom. The van der Waals surface area contributed by atoms with Gasteiger partial charge in [0.25, 0.3) is 0 Å². The predicted octanol–water partition coefficient (Wildman–Crippen LogP) is 2.33. The minimum Gasteiger partial charge on any atom is -0.387 e. The average molecular weight is 241 g/mol. The van der Waals surface area contributed by atoms with E-state index in [0.29, 0.717) is 6.54 Å². The Balaban J connectivity index is 2.37. The first kappa shape index (κ1) is 13.2. The summed E-state index contributed by atoms with van der Waals surface area (Å²) in [4.78, 5) is 11.7. The van der Waals surface area contributed by atoms with Crippen LogP contribution in [-0.4, -0.2) is 17.6 Å². The highest BCUT2D eigenvalue weighted by Crippen LogP contribution is 2.15. The topological polar surface area (TPSA) is 49.3 Å². The molecule has 0 spiro atoms. The van der Waals surface area contributed by atoms with Crippen molar-refractivity contribution in [3.8, 4) is 0 Å². The molecule has 0 aliphatic rings. The van der Waals surface area contributed by atoms with Gasteiger partial charge in [-0.3, -0.25) is 4.79 Å². The Bertz CT molecular complexity index is 307. The fraction of sp³-hybridized carbons (Fsp3) is 0.583. The van der Waals surface area contributed by atoms with Crippen molar-refractivity contribution in [3.63, 3.8) is 0 Å². The summed E-state index contributed by atoms with van der Waals surface area (Å²) in [5.41, 5.74) is 0.870.